The average molecular weight is 395 g/mol. The number of carbonyl (C=O) groups excluding carboxylic acids is 1. The number of hydrogen-bond acceptors (Lipinski definition) is 4. The van der Waals surface area contributed by atoms with E-state index in [9.17, 15) is 4.79 Å². The van der Waals surface area contributed by atoms with E-state index in [1.54, 1.807) is 0 Å². The second-order valence-electron chi connectivity index (χ2n) is 7.11. The molecule has 0 radical (unpaired) electrons. The number of fused-ring (bicyclic) bond motifs is 3. The molecule has 2 heterocycles. The predicted molar refractivity (Wildman–Crippen MR) is 118 cm³/mol. The van der Waals surface area contributed by atoms with Gasteiger partial charge in [-0.05, 0) is 30.2 Å². The smallest absolute Gasteiger partial charge is 0.338 e. The number of para-hydroxylation sites is 2. The third-order valence-electron chi connectivity index (χ3n) is 5.31. The number of rotatable bonds is 4. The summed E-state index contributed by atoms with van der Waals surface area (Å²) in [4.78, 5) is 18.1. The number of imidazole rings is 1. The highest BCUT2D eigenvalue weighted by atomic mass is 16.5. The van der Waals surface area contributed by atoms with E-state index < -0.39 is 0 Å². The van der Waals surface area contributed by atoms with Crippen molar-refractivity contribution in [3.05, 3.63) is 102 Å². The maximum Gasteiger partial charge on any atom is 0.338 e. The number of benzene rings is 3. The van der Waals surface area contributed by atoms with Crippen LogP contribution < -0.4 is 5.32 Å². The molecule has 0 saturated carbocycles. The Morgan fingerprint density at radius 3 is 2.37 bits per heavy atom. The molecule has 148 valence electrons. The normalized spacial score (nSPS) is 15.6. The van der Waals surface area contributed by atoms with Gasteiger partial charge in [0.25, 0.3) is 0 Å². The molecule has 5 heteroatoms. The van der Waals surface area contributed by atoms with E-state index >= 15 is 0 Å². The van der Waals surface area contributed by atoms with Crippen LogP contribution in [0.1, 0.15) is 24.1 Å². The van der Waals surface area contributed by atoms with Crippen LogP contribution in [-0.2, 0) is 9.53 Å². The highest BCUT2D eigenvalue weighted by molar-refractivity contribution is 6.03. The molecule has 4 aromatic rings. The van der Waals surface area contributed by atoms with Crippen LogP contribution in [0.3, 0.4) is 0 Å². The Kier molecular flexibility index (Phi) is 4.56. The van der Waals surface area contributed by atoms with Crippen LogP contribution in [0.4, 0.5) is 5.95 Å². The Balaban J connectivity index is 1.83. The molecule has 0 fully saturated rings. The molecule has 5 rings (SSSR count). The second kappa shape index (κ2) is 7.52. The number of nitrogens with one attached hydrogen (secondary N) is 1. The lowest BCUT2D eigenvalue weighted by atomic mass is 9.92. The lowest BCUT2D eigenvalue weighted by Gasteiger charge is -2.31. The summed E-state index contributed by atoms with van der Waals surface area (Å²) in [5, 5.41) is 3.42. The minimum absolute atomic E-state index is 0.309. The Hall–Kier alpha value is -3.86. The van der Waals surface area contributed by atoms with Gasteiger partial charge in [0.1, 0.15) is 0 Å². The Bertz CT molecular complexity index is 1240. The first-order valence-corrected chi connectivity index (χ1v) is 10.0. The molecule has 0 saturated heterocycles. The number of aromatic nitrogens is 2. The molecule has 0 unspecified atom stereocenters. The highest BCUT2D eigenvalue weighted by Gasteiger charge is 2.36. The van der Waals surface area contributed by atoms with Crippen LogP contribution in [0.25, 0.3) is 16.7 Å². The van der Waals surface area contributed by atoms with E-state index in [1.807, 2.05) is 91.9 Å². The fourth-order valence-electron chi connectivity index (χ4n) is 4.05. The lowest BCUT2D eigenvalue weighted by molar-refractivity contribution is -0.138. The van der Waals surface area contributed by atoms with Crippen molar-refractivity contribution in [2.75, 3.05) is 11.9 Å². The van der Waals surface area contributed by atoms with E-state index in [2.05, 4.69) is 9.88 Å². The van der Waals surface area contributed by atoms with E-state index in [0.717, 1.165) is 27.9 Å². The lowest BCUT2D eigenvalue weighted by Crippen LogP contribution is -2.29. The van der Waals surface area contributed by atoms with Gasteiger partial charge in [0.05, 0.1) is 35.0 Å². The van der Waals surface area contributed by atoms with E-state index in [1.165, 1.54) is 0 Å². The quantitative estimate of drug-likeness (QED) is 0.493. The van der Waals surface area contributed by atoms with Gasteiger partial charge in [0.2, 0.25) is 5.95 Å². The van der Waals surface area contributed by atoms with Crippen LogP contribution in [0.2, 0.25) is 0 Å². The predicted octanol–water partition coefficient (Wildman–Crippen LogP) is 5.03. The Morgan fingerprint density at radius 1 is 0.967 bits per heavy atom. The van der Waals surface area contributed by atoms with E-state index in [4.69, 9.17) is 9.72 Å². The van der Waals surface area contributed by atoms with Gasteiger partial charge in [0, 0.05) is 0 Å². The molecule has 5 nitrogen and oxygen atoms in total. The van der Waals surface area contributed by atoms with Gasteiger partial charge in [0.15, 0.2) is 0 Å². The molecule has 1 aliphatic heterocycles. The van der Waals surface area contributed by atoms with Gasteiger partial charge in [-0.3, -0.25) is 4.57 Å². The zero-order valence-corrected chi connectivity index (χ0v) is 16.6. The third kappa shape index (κ3) is 2.95. The van der Waals surface area contributed by atoms with Crippen LogP contribution in [0, 0.1) is 0 Å². The van der Waals surface area contributed by atoms with Crippen molar-refractivity contribution in [3.63, 3.8) is 0 Å². The molecule has 30 heavy (non-hydrogen) atoms. The summed E-state index contributed by atoms with van der Waals surface area (Å²) < 4.78 is 7.60. The van der Waals surface area contributed by atoms with Gasteiger partial charge in [-0.15, -0.1) is 0 Å². The van der Waals surface area contributed by atoms with Crippen LogP contribution in [0.5, 0.6) is 0 Å². The van der Waals surface area contributed by atoms with Crippen LogP contribution in [-0.4, -0.2) is 22.1 Å². The van der Waals surface area contributed by atoms with Gasteiger partial charge in [-0.1, -0.05) is 72.8 Å². The third-order valence-corrected chi connectivity index (χ3v) is 5.31. The Morgan fingerprint density at radius 2 is 1.63 bits per heavy atom. The van der Waals surface area contributed by atoms with Crippen molar-refractivity contribution in [2.45, 2.75) is 13.0 Å². The molecule has 0 aliphatic carbocycles. The monoisotopic (exact) mass is 395 g/mol. The summed E-state index contributed by atoms with van der Waals surface area (Å²) >= 11 is 0. The van der Waals surface area contributed by atoms with Crippen molar-refractivity contribution < 1.29 is 9.53 Å². The zero-order chi connectivity index (χ0) is 20.5. The summed E-state index contributed by atoms with van der Waals surface area (Å²) in [5.41, 5.74) is 5.05. The molecule has 0 bridgehead atoms. The molecule has 1 aromatic heterocycles. The van der Waals surface area contributed by atoms with E-state index in [0.29, 0.717) is 18.1 Å². The van der Waals surface area contributed by atoms with Crippen LogP contribution in [0.15, 0.2) is 90.5 Å². The average Bonchev–Trinajstić information content (AvgIpc) is 3.17. The summed E-state index contributed by atoms with van der Waals surface area (Å²) in [6, 6.07) is 27.5. The number of anilines is 1. The molecular formula is C25H21N3O2. The minimum atomic E-state index is -0.357. The van der Waals surface area contributed by atoms with Gasteiger partial charge in [-0.25, -0.2) is 9.78 Å². The standard InChI is InChI=1S/C25H21N3O2/c1-2-30-24(29)21-22(17-11-5-3-6-12-17)27-25-26-19-15-9-10-16-20(19)28(25)23(21)18-13-7-4-8-14-18/h3-16,23H,2H2,1H3,(H,26,27)/t23-/m1/s1. The number of carbonyl (C=O) groups is 1. The summed E-state index contributed by atoms with van der Waals surface area (Å²) in [7, 11) is 0. The zero-order valence-electron chi connectivity index (χ0n) is 16.6. The second-order valence-corrected chi connectivity index (χ2v) is 7.11. The maximum atomic E-state index is 13.3. The molecule has 0 spiro atoms. The van der Waals surface area contributed by atoms with Crippen molar-refractivity contribution >= 4 is 28.6 Å². The first-order chi connectivity index (χ1) is 14.8. The first kappa shape index (κ1) is 18.2. The fourth-order valence-corrected chi connectivity index (χ4v) is 4.05. The molecular weight excluding hydrogens is 374 g/mol. The summed E-state index contributed by atoms with van der Waals surface area (Å²) in [6.45, 7) is 2.13. The number of nitrogens with zero attached hydrogens (tertiary/aromatic N) is 2. The number of esters is 1. The molecule has 0 amide bonds. The van der Waals surface area contributed by atoms with Crippen molar-refractivity contribution in [1.29, 1.82) is 0 Å². The van der Waals surface area contributed by atoms with Crippen molar-refractivity contribution in [2.24, 2.45) is 0 Å². The van der Waals surface area contributed by atoms with Crippen molar-refractivity contribution in [3.8, 4) is 0 Å². The molecule has 3 aromatic carbocycles. The molecule has 1 atom stereocenters. The van der Waals surface area contributed by atoms with E-state index in [-0.39, 0.29) is 12.0 Å². The van der Waals surface area contributed by atoms with Gasteiger partial charge >= 0.3 is 5.97 Å². The summed E-state index contributed by atoms with van der Waals surface area (Å²) in [5.74, 6) is 0.373. The van der Waals surface area contributed by atoms with Gasteiger partial charge < -0.3 is 10.1 Å². The maximum absolute atomic E-state index is 13.3. The SMILES string of the molecule is CCOC(=O)C1=C(c2ccccc2)Nc2nc3ccccc3n2[C@@H]1c1ccccc1. The topological polar surface area (TPSA) is 56.1 Å². The fraction of sp³-hybridized carbons (Fsp3) is 0.120. The van der Waals surface area contributed by atoms with Gasteiger partial charge in [-0.2, -0.15) is 0 Å². The first-order valence-electron chi connectivity index (χ1n) is 10.0. The minimum Gasteiger partial charge on any atom is -0.463 e. The number of hydrogen-bond donors (Lipinski definition) is 1. The highest BCUT2D eigenvalue weighted by Crippen LogP contribution is 2.42. The Labute approximate surface area is 174 Å². The largest absolute Gasteiger partial charge is 0.463 e. The number of ether oxygens (including phenoxy) is 1. The van der Waals surface area contributed by atoms with Crippen LogP contribution >= 0.6 is 0 Å². The summed E-state index contributed by atoms with van der Waals surface area (Å²) in [6.07, 6.45) is 0. The molecule has 1 aliphatic rings. The van der Waals surface area contributed by atoms with Crippen molar-refractivity contribution in [1.82, 2.24) is 9.55 Å². The molecule has 1 N–H and O–H groups in total.